The topological polar surface area (TPSA) is 59.2 Å². The number of hydrogen-bond acceptors (Lipinski definition) is 3. The molecule has 2 rings (SSSR count). The standard InChI is InChI=1S/C10H11F2N3O/c11-10(12)3-4-15(6-10)9(16)8-2-1-7(13)5-14-8/h1-2,5H,3-4,6,13H2. The number of pyridine rings is 1. The minimum absolute atomic E-state index is 0.0674. The summed E-state index contributed by atoms with van der Waals surface area (Å²) >= 11 is 0. The smallest absolute Gasteiger partial charge is 0.272 e. The molecule has 6 heteroatoms. The van der Waals surface area contributed by atoms with Crippen LogP contribution in [0.2, 0.25) is 0 Å². The number of carbonyl (C=O) groups excluding carboxylic acids is 1. The highest BCUT2D eigenvalue weighted by Crippen LogP contribution is 2.27. The number of anilines is 1. The lowest BCUT2D eigenvalue weighted by atomic mass is 10.3. The van der Waals surface area contributed by atoms with Crippen LogP contribution in [0.1, 0.15) is 16.9 Å². The van der Waals surface area contributed by atoms with Gasteiger partial charge in [-0.3, -0.25) is 4.79 Å². The van der Waals surface area contributed by atoms with Crippen LogP contribution in [0, 0.1) is 0 Å². The fourth-order valence-corrected chi connectivity index (χ4v) is 1.60. The summed E-state index contributed by atoms with van der Waals surface area (Å²) in [5.74, 6) is -3.25. The second-order valence-corrected chi connectivity index (χ2v) is 3.81. The average molecular weight is 227 g/mol. The largest absolute Gasteiger partial charge is 0.397 e. The summed E-state index contributed by atoms with van der Waals surface area (Å²) in [5.41, 5.74) is 5.99. The summed E-state index contributed by atoms with van der Waals surface area (Å²) in [6, 6.07) is 2.96. The van der Waals surface area contributed by atoms with Gasteiger partial charge in [0.1, 0.15) is 5.69 Å². The number of aromatic nitrogens is 1. The van der Waals surface area contributed by atoms with Gasteiger partial charge in [0, 0.05) is 13.0 Å². The molecule has 0 aliphatic carbocycles. The van der Waals surface area contributed by atoms with Crippen LogP contribution < -0.4 is 5.73 Å². The van der Waals surface area contributed by atoms with Crippen LogP contribution in [0.15, 0.2) is 18.3 Å². The van der Waals surface area contributed by atoms with Gasteiger partial charge in [-0.05, 0) is 12.1 Å². The van der Waals surface area contributed by atoms with Crippen molar-refractivity contribution in [1.82, 2.24) is 9.88 Å². The van der Waals surface area contributed by atoms with E-state index in [2.05, 4.69) is 4.98 Å². The molecule has 1 amide bonds. The van der Waals surface area contributed by atoms with Gasteiger partial charge in [0.25, 0.3) is 11.8 Å². The van der Waals surface area contributed by atoms with Crippen molar-refractivity contribution in [2.75, 3.05) is 18.8 Å². The Bertz CT molecular complexity index is 405. The van der Waals surface area contributed by atoms with Gasteiger partial charge in [-0.15, -0.1) is 0 Å². The van der Waals surface area contributed by atoms with Crippen molar-refractivity contribution in [2.45, 2.75) is 12.3 Å². The van der Waals surface area contributed by atoms with Crippen molar-refractivity contribution >= 4 is 11.6 Å². The molecular weight excluding hydrogens is 216 g/mol. The van der Waals surface area contributed by atoms with Gasteiger partial charge in [-0.1, -0.05) is 0 Å². The van der Waals surface area contributed by atoms with E-state index in [0.29, 0.717) is 5.69 Å². The Kier molecular flexibility index (Phi) is 2.49. The number of halogens is 2. The zero-order chi connectivity index (χ0) is 11.8. The van der Waals surface area contributed by atoms with Crippen molar-refractivity contribution in [3.05, 3.63) is 24.0 Å². The zero-order valence-corrected chi connectivity index (χ0v) is 8.49. The first-order chi connectivity index (χ1) is 7.48. The number of nitrogen functional groups attached to an aromatic ring is 1. The molecule has 1 aliphatic heterocycles. The maximum atomic E-state index is 12.9. The van der Waals surface area contributed by atoms with E-state index in [1.165, 1.54) is 18.3 Å². The molecule has 0 saturated carbocycles. The molecule has 2 heterocycles. The minimum atomic E-state index is -2.77. The molecule has 4 nitrogen and oxygen atoms in total. The number of nitrogens with zero attached hydrogens (tertiary/aromatic N) is 2. The van der Waals surface area contributed by atoms with Crippen LogP contribution in [0.3, 0.4) is 0 Å². The summed E-state index contributed by atoms with van der Waals surface area (Å²) in [6.07, 6.45) is 1.05. The van der Waals surface area contributed by atoms with Crippen LogP contribution in [-0.2, 0) is 0 Å². The third kappa shape index (κ3) is 2.10. The predicted octanol–water partition coefficient (Wildman–Crippen LogP) is 1.15. The normalized spacial score (nSPS) is 18.8. The number of hydrogen-bond donors (Lipinski definition) is 1. The number of rotatable bonds is 1. The highest BCUT2D eigenvalue weighted by atomic mass is 19.3. The summed E-state index contributed by atoms with van der Waals surface area (Å²) in [7, 11) is 0. The SMILES string of the molecule is Nc1ccc(C(=O)N2CCC(F)(F)C2)nc1. The third-order valence-corrected chi connectivity index (χ3v) is 2.46. The van der Waals surface area contributed by atoms with Crippen LogP contribution >= 0.6 is 0 Å². The van der Waals surface area contributed by atoms with E-state index >= 15 is 0 Å². The van der Waals surface area contributed by atoms with E-state index in [0.717, 1.165) is 4.90 Å². The molecule has 1 aliphatic rings. The molecule has 0 aromatic carbocycles. The van der Waals surface area contributed by atoms with E-state index in [1.807, 2.05) is 0 Å². The van der Waals surface area contributed by atoms with E-state index < -0.39 is 18.4 Å². The number of amides is 1. The monoisotopic (exact) mass is 227 g/mol. The third-order valence-electron chi connectivity index (χ3n) is 2.46. The van der Waals surface area contributed by atoms with Crippen molar-refractivity contribution < 1.29 is 13.6 Å². The summed E-state index contributed by atoms with van der Waals surface area (Å²) in [5, 5.41) is 0. The highest BCUT2D eigenvalue weighted by molar-refractivity contribution is 5.92. The van der Waals surface area contributed by atoms with Crippen LogP contribution in [0.25, 0.3) is 0 Å². The van der Waals surface area contributed by atoms with Crippen molar-refractivity contribution in [3.8, 4) is 0 Å². The van der Waals surface area contributed by atoms with Gasteiger partial charge in [0.15, 0.2) is 0 Å². The maximum Gasteiger partial charge on any atom is 0.272 e. The maximum absolute atomic E-state index is 12.9. The first kappa shape index (κ1) is 10.8. The number of alkyl halides is 2. The minimum Gasteiger partial charge on any atom is -0.397 e. The molecule has 0 radical (unpaired) electrons. The summed E-state index contributed by atoms with van der Waals surface area (Å²) < 4.78 is 25.8. The molecule has 0 unspecified atom stereocenters. The Hall–Kier alpha value is -1.72. The van der Waals surface area contributed by atoms with Crippen molar-refractivity contribution in [3.63, 3.8) is 0 Å². The molecule has 0 spiro atoms. The molecule has 0 atom stereocenters. The van der Waals surface area contributed by atoms with Crippen molar-refractivity contribution in [2.24, 2.45) is 0 Å². The van der Waals surface area contributed by atoms with Gasteiger partial charge >= 0.3 is 0 Å². The van der Waals surface area contributed by atoms with E-state index in [-0.39, 0.29) is 18.7 Å². The molecular formula is C10H11F2N3O. The first-order valence-corrected chi connectivity index (χ1v) is 4.87. The Morgan fingerprint density at radius 1 is 1.50 bits per heavy atom. The Labute approximate surface area is 91.1 Å². The predicted molar refractivity (Wildman–Crippen MR) is 54.1 cm³/mol. The second kappa shape index (κ2) is 3.70. The van der Waals surface area contributed by atoms with Crippen LogP contribution in [-0.4, -0.2) is 34.8 Å². The molecule has 16 heavy (non-hydrogen) atoms. The first-order valence-electron chi connectivity index (χ1n) is 4.87. The lowest BCUT2D eigenvalue weighted by Gasteiger charge is -2.15. The number of likely N-dealkylation sites (tertiary alicyclic amines) is 1. The van der Waals surface area contributed by atoms with E-state index in [1.54, 1.807) is 0 Å². The van der Waals surface area contributed by atoms with Crippen LogP contribution in [0.5, 0.6) is 0 Å². The molecule has 0 bridgehead atoms. The van der Waals surface area contributed by atoms with Gasteiger partial charge < -0.3 is 10.6 Å². The molecule has 86 valence electrons. The summed E-state index contributed by atoms with van der Waals surface area (Å²) in [4.78, 5) is 16.7. The lowest BCUT2D eigenvalue weighted by molar-refractivity contribution is 0.0119. The van der Waals surface area contributed by atoms with Crippen LogP contribution in [0.4, 0.5) is 14.5 Å². The second-order valence-electron chi connectivity index (χ2n) is 3.81. The average Bonchev–Trinajstić information content (AvgIpc) is 2.59. The number of carbonyl (C=O) groups is 1. The fourth-order valence-electron chi connectivity index (χ4n) is 1.60. The quantitative estimate of drug-likeness (QED) is 0.782. The Morgan fingerprint density at radius 2 is 2.25 bits per heavy atom. The lowest BCUT2D eigenvalue weighted by Crippen LogP contribution is -2.31. The Balaban J connectivity index is 2.12. The highest BCUT2D eigenvalue weighted by Gasteiger charge is 2.40. The Morgan fingerprint density at radius 3 is 2.75 bits per heavy atom. The molecule has 1 fully saturated rings. The zero-order valence-electron chi connectivity index (χ0n) is 8.49. The van der Waals surface area contributed by atoms with Gasteiger partial charge in [0.2, 0.25) is 0 Å². The van der Waals surface area contributed by atoms with E-state index in [9.17, 15) is 13.6 Å². The van der Waals surface area contributed by atoms with Gasteiger partial charge in [-0.25, -0.2) is 13.8 Å². The van der Waals surface area contributed by atoms with Gasteiger partial charge in [0.05, 0.1) is 18.4 Å². The molecule has 1 aromatic rings. The molecule has 1 aromatic heterocycles. The molecule has 1 saturated heterocycles. The number of nitrogens with two attached hydrogens (primary N) is 1. The van der Waals surface area contributed by atoms with E-state index in [4.69, 9.17) is 5.73 Å². The van der Waals surface area contributed by atoms with Gasteiger partial charge in [-0.2, -0.15) is 0 Å². The summed E-state index contributed by atoms with van der Waals surface area (Å²) in [6.45, 7) is -0.463. The molecule has 2 N–H and O–H groups in total. The van der Waals surface area contributed by atoms with Crippen molar-refractivity contribution in [1.29, 1.82) is 0 Å². The fraction of sp³-hybridized carbons (Fsp3) is 0.400.